The number of hydrogen-bond acceptors (Lipinski definition) is 2. The second kappa shape index (κ2) is 5.66. The standard InChI is InChI=1S/C18H17NO3/c1-19(18(21)22)10-16-12-6-2-4-8-14(12)17(11-20)15-9-5-3-7-13(15)16/h2-9,20H,10-11H2,1H3,(H,21,22). The molecule has 0 spiro atoms. The van der Waals surface area contributed by atoms with Gasteiger partial charge in [0.1, 0.15) is 0 Å². The van der Waals surface area contributed by atoms with Crippen LogP contribution in [0, 0.1) is 0 Å². The first-order chi connectivity index (χ1) is 10.6. The highest BCUT2D eigenvalue weighted by molar-refractivity contribution is 6.05. The van der Waals surface area contributed by atoms with Gasteiger partial charge in [-0.15, -0.1) is 0 Å². The highest BCUT2D eigenvalue weighted by Crippen LogP contribution is 2.33. The number of aliphatic hydroxyl groups excluding tert-OH is 1. The molecule has 0 unspecified atom stereocenters. The van der Waals surface area contributed by atoms with Gasteiger partial charge < -0.3 is 15.1 Å². The van der Waals surface area contributed by atoms with E-state index in [0.29, 0.717) is 6.54 Å². The van der Waals surface area contributed by atoms with E-state index in [0.717, 1.165) is 32.7 Å². The van der Waals surface area contributed by atoms with Gasteiger partial charge in [-0.2, -0.15) is 0 Å². The van der Waals surface area contributed by atoms with Gasteiger partial charge in [-0.25, -0.2) is 4.79 Å². The maximum Gasteiger partial charge on any atom is 0.407 e. The normalized spacial score (nSPS) is 11.0. The van der Waals surface area contributed by atoms with Crippen LogP contribution < -0.4 is 0 Å². The van der Waals surface area contributed by atoms with Crippen molar-refractivity contribution in [3.8, 4) is 0 Å². The minimum atomic E-state index is -0.959. The van der Waals surface area contributed by atoms with Crippen LogP contribution in [-0.4, -0.2) is 28.3 Å². The molecule has 0 aromatic heterocycles. The van der Waals surface area contributed by atoms with Gasteiger partial charge in [-0.3, -0.25) is 0 Å². The van der Waals surface area contributed by atoms with Gasteiger partial charge in [0, 0.05) is 13.6 Å². The summed E-state index contributed by atoms with van der Waals surface area (Å²) in [6.45, 7) is 0.262. The molecule has 2 N–H and O–H groups in total. The molecule has 0 heterocycles. The van der Waals surface area contributed by atoms with E-state index in [1.165, 1.54) is 4.90 Å². The van der Waals surface area contributed by atoms with Gasteiger partial charge in [-0.1, -0.05) is 48.5 Å². The number of aliphatic hydroxyl groups is 1. The Hall–Kier alpha value is -2.59. The van der Waals surface area contributed by atoms with E-state index in [1.807, 2.05) is 48.5 Å². The van der Waals surface area contributed by atoms with E-state index in [-0.39, 0.29) is 6.61 Å². The topological polar surface area (TPSA) is 60.8 Å². The van der Waals surface area contributed by atoms with Gasteiger partial charge in [0.05, 0.1) is 6.61 Å². The number of amides is 1. The smallest absolute Gasteiger partial charge is 0.407 e. The maximum absolute atomic E-state index is 11.2. The average Bonchev–Trinajstić information content (AvgIpc) is 2.54. The van der Waals surface area contributed by atoms with Crippen LogP contribution in [0.2, 0.25) is 0 Å². The van der Waals surface area contributed by atoms with E-state index in [2.05, 4.69) is 0 Å². The molecule has 0 atom stereocenters. The summed E-state index contributed by atoms with van der Waals surface area (Å²) >= 11 is 0. The molecule has 0 aliphatic carbocycles. The van der Waals surface area contributed by atoms with Crippen molar-refractivity contribution in [1.82, 2.24) is 4.90 Å². The monoisotopic (exact) mass is 295 g/mol. The Morgan fingerprint density at radius 2 is 1.32 bits per heavy atom. The zero-order chi connectivity index (χ0) is 15.7. The molecule has 0 aliphatic heterocycles. The van der Waals surface area contributed by atoms with Crippen molar-refractivity contribution in [3.05, 3.63) is 59.7 Å². The predicted molar refractivity (Wildman–Crippen MR) is 86.9 cm³/mol. The summed E-state index contributed by atoms with van der Waals surface area (Å²) in [5.74, 6) is 0. The maximum atomic E-state index is 11.2. The van der Waals surface area contributed by atoms with Crippen LogP contribution in [0.1, 0.15) is 11.1 Å². The van der Waals surface area contributed by atoms with Gasteiger partial charge in [0.25, 0.3) is 0 Å². The molecule has 4 heteroatoms. The summed E-state index contributed by atoms with van der Waals surface area (Å²) in [6.07, 6.45) is -0.959. The van der Waals surface area contributed by atoms with Crippen LogP contribution in [0.25, 0.3) is 21.5 Å². The van der Waals surface area contributed by atoms with Crippen LogP contribution in [-0.2, 0) is 13.2 Å². The molecule has 0 aliphatic rings. The lowest BCUT2D eigenvalue weighted by Gasteiger charge is -2.19. The van der Waals surface area contributed by atoms with Crippen molar-refractivity contribution in [3.63, 3.8) is 0 Å². The number of rotatable bonds is 3. The fourth-order valence-electron chi connectivity index (χ4n) is 2.95. The fourth-order valence-corrected chi connectivity index (χ4v) is 2.95. The molecule has 1 amide bonds. The van der Waals surface area contributed by atoms with Crippen molar-refractivity contribution < 1.29 is 15.0 Å². The van der Waals surface area contributed by atoms with Gasteiger partial charge in [0.15, 0.2) is 0 Å². The zero-order valence-electron chi connectivity index (χ0n) is 12.3. The number of carbonyl (C=O) groups is 1. The predicted octanol–water partition coefficient (Wildman–Crippen LogP) is 3.60. The third-order valence-electron chi connectivity index (χ3n) is 4.03. The summed E-state index contributed by atoms with van der Waals surface area (Å²) in [5, 5.41) is 22.9. The van der Waals surface area contributed by atoms with Gasteiger partial charge >= 0.3 is 6.09 Å². The average molecular weight is 295 g/mol. The molecule has 3 aromatic rings. The Labute approximate surface area is 128 Å². The molecule has 0 bridgehead atoms. The molecule has 3 rings (SSSR count). The SMILES string of the molecule is CN(Cc1c2ccccc2c(CO)c2ccccc12)C(=O)O. The fraction of sp³-hybridized carbons (Fsp3) is 0.167. The molecule has 22 heavy (non-hydrogen) atoms. The second-order valence-electron chi connectivity index (χ2n) is 5.35. The third-order valence-corrected chi connectivity index (χ3v) is 4.03. The Morgan fingerprint density at radius 3 is 1.68 bits per heavy atom. The van der Waals surface area contributed by atoms with E-state index in [9.17, 15) is 15.0 Å². The van der Waals surface area contributed by atoms with Gasteiger partial charge in [-0.05, 0) is 32.7 Å². The van der Waals surface area contributed by atoms with Crippen LogP contribution in [0.3, 0.4) is 0 Å². The Kier molecular flexibility index (Phi) is 3.69. The van der Waals surface area contributed by atoms with Crippen molar-refractivity contribution in [1.29, 1.82) is 0 Å². The van der Waals surface area contributed by atoms with Crippen molar-refractivity contribution in [2.24, 2.45) is 0 Å². The third kappa shape index (κ3) is 2.27. The summed E-state index contributed by atoms with van der Waals surface area (Å²) in [5.41, 5.74) is 1.85. The minimum absolute atomic E-state index is 0.0456. The Balaban J connectivity index is 2.39. The number of hydrogen-bond donors (Lipinski definition) is 2. The molecule has 0 fully saturated rings. The quantitative estimate of drug-likeness (QED) is 0.726. The largest absolute Gasteiger partial charge is 0.465 e. The molecule has 0 radical (unpaired) electrons. The second-order valence-corrected chi connectivity index (χ2v) is 5.35. The molecule has 0 saturated carbocycles. The zero-order valence-corrected chi connectivity index (χ0v) is 12.3. The summed E-state index contributed by atoms with van der Waals surface area (Å²) in [4.78, 5) is 12.5. The van der Waals surface area contributed by atoms with E-state index >= 15 is 0 Å². The van der Waals surface area contributed by atoms with E-state index in [4.69, 9.17) is 0 Å². The van der Waals surface area contributed by atoms with Crippen LogP contribution in [0.4, 0.5) is 4.79 Å². The lowest BCUT2D eigenvalue weighted by atomic mass is 9.92. The molecule has 112 valence electrons. The van der Waals surface area contributed by atoms with Crippen LogP contribution in [0.15, 0.2) is 48.5 Å². The number of carboxylic acid groups (broad SMARTS) is 1. The Morgan fingerprint density at radius 1 is 0.909 bits per heavy atom. The lowest BCUT2D eigenvalue weighted by Crippen LogP contribution is -2.24. The number of nitrogens with zero attached hydrogens (tertiary/aromatic N) is 1. The Bertz CT molecular complexity index is 800. The van der Waals surface area contributed by atoms with Gasteiger partial charge in [0.2, 0.25) is 0 Å². The van der Waals surface area contributed by atoms with Crippen molar-refractivity contribution in [2.45, 2.75) is 13.2 Å². The summed E-state index contributed by atoms with van der Waals surface area (Å²) in [7, 11) is 1.56. The molecular weight excluding hydrogens is 278 g/mol. The first kappa shape index (κ1) is 14.4. The highest BCUT2D eigenvalue weighted by atomic mass is 16.4. The minimum Gasteiger partial charge on any atom is -0.465 e. The molecular formula is C18H17NO3. The van der Waals surface area contributed by atoms with Crippen LogP contribution >= 0.6 is 0 Å². The molecule has 0 saturated heterocycles. The van der Waals surface area contributed by atoms with E-state index < -0.39 is 6.09 Å². The first-order valence-corrected chi connectivity index (χ1v) is 7.09. The molecule has 4 nitrogen and oxygen atoms in total. The van der Waals surface area contributed by atoms with Crippen LogP contribution in [0.5, 0.6) is 0 Å². The number of benzene rings is 3. The number of fused-ring (bicyclic) bond motifs is 2. The lowest BCUT2D eigenvalue weighted by molar-refractivity contribution is 0.154. The van der Waals surface area contributed by atoms with Crippen molar-refractivity contribution in [2.75, 3.05) is 7.05 Å². The molecule has 3 aromatic carbocycles. The van der Waals surface area contributed by atoms with E-state index in [1.54, 1.807) is 7.05 Å². The summed E-state index contributed by atoms with van der Waals surface area (Å²) < 4.78 is 0. The highest BCUT2D eigenvalue weighted by Gasteiger charge is 2.15. The first-order valence-electron chi connectivity index (χ1n) is 7.09. The summed E-state index contributed by atoms with van der Waals surface area (Å²) in [6, 6.07) is 15.6. The van der Waals surface area contributed by atoms with Crippen molar-refractivity contribution >= 4 is 27.6 Å².